The summed E-state index contributed by atoms with van der Waals surface area (Å²) in [5.41, 5.74) is -0.401. The van der Waals surface area contributed by atoms with E-state index in [-0.39, 0.29) is 5.97 Å². The molecular weight excluding hydrogens is 228 g/mol. The van der Waals surface area contributed by atoms with Crippen LogP contribution in [0.3, 0.4) is 0 Å². The first-order chi connectivity index (χ1) is 8.47. The molecule has 4 heteroatoms. The minimum Gasteiger partial charge on any atom is -0.469 e. The highest BCUT2D eigenvalue weighted by Crippen LogP contribution is 2.37. The number of nitrogens with zero attached hydrogens (tertiary/aromatic N) is 1. The van der Waals surface area contributed by atoms with Crippen LogP contribution in [-0.4, -0.2) is 49.7 Å². The molecule has 4 nitrogen and oxygen atoms in total. The van der Waals surface area contributed by atoms with Crippen LogP contribution in [0.5, 0.6) is 0 Å². The fraction of sp³-hybridized carbons (Fsp3) is 0.929. The SMILES string of the molecule is CNC1CC2CCC(C1)N2CC(C)(C)C(=O)OC. The molecule has 2 atom stereocenters. The van der Waals surface area contributed by atoms with Crippen LogP contribution in [0, 0.1) is 5.41 Å². The Bertz CT molecular complexity index is 303. The van der Waals surface area contributed by atoms with E-state index in [4.69, 9.17) is 4.74 Å². The molecule has 2 aliphatic rings. The zero-order valence-corrected chi connectivity index (χ0v) is 12.0. The van der Waals surface area contributed by atoms with Crippen molar-refractivity contribution in [1.82, 2.24) is 10.2 Å². The molecule has 2 bridgehead atoms. The first-order valence-electron chi connectivity index (χ1n) is 6.99. The van der Waals surface area contributed by atoms with E-state index in [0.717, 1.165) is 6.54 Å². The van der Waals surface area contributed by atoms with Gasteiger partial charge >= 0.3 is 5.97 Å². The second-order valence-corrected chi connectivity index (χ2v) is 6.39. The van der Waals surface area contributed by atoms with E-state index < -0.39 is 5.41 Å². The second kappa shape index (κ2) is 5.17. The summed E-state index contributed by atoms with van der Waals surface area (Å²) in [6.07, 6.45) is 4.98. The zero-order chi connectivity index (χ0) is 13.3. The summed E-state index contributed by atoms with van der Waals surface area (Å²) in [7, 11) is 3.53. The molecule has 0 aromatic rings. The van der Waals surface area contributed by atoms with E-state index in [0.29, 0.717) is 18.1 Å². The van der Waals surface area contributed by atoms with E-state index in [2.05, 4.69) is 17.3 Å². The summed E-state index contributed by atoms with van der Waals surface area (Å²) in [5, 5.41) is 3.40. The lowest BCUT2D eigenvalue weighted by molar-refractivity contribution is -0.152. The maximum atomic E-state index is 11.8. The van der Waals surface area contributed by atoms with E-state index in [1.54, 1.807) is 0 Å². The van der Waals surface area contributed by atoms with E-state index in [9.17, 15) is 4.79 Å². The van der Waals surface area contributed by atoms with Gasteiger partial charge in [-0.15, -0.1) is 0 Å². The first kappa shape index (κ1) is 13.8. The van der Waals surface area contributed by atoms with Gasteiger partial charge in [0.2, 0.25) is 0 Å². The molecule has 0 saturated carbocycles. The minimum atomic E-state index is -0.401. The Morgan fingerprint density at radius 2 is 1.89 bits per heavy atom. The van der Waals surface area contributed by atoms with Crippen LogP contribution in [-0.2, 0) is 9.53 Å². The summed E-state index contributed by atoms with van der Waals surface area (Å²) in [5.74, 6) is -0.0994. The van der Waals surface area contributed by atoms with Crippen LogP contribution in [0.4, 0.5) is 0 Å². The molecule has 0 aromatic heterocycles. The predicted octanol–water partition coefficient (Wildman–Crippen LogP) is 1.40. The molecule has 0 radical (unpaired) electrons. The average molecular weight is 254 g/mol. The zero-order valence-electron chi connectivity index (χ0n) is 12.0. The topological polar surface area (TPSA) is 41.6 Å². The average Bonchev–Trinajstić information content (AvgIpc) is 2.59. The summed E-state index contributed by atoms with van der Waals surface area (Å²) in [4.78, 5) is 14.3. The Morgan fingerprint density at radius 1 is 1.33 bits per heavy atom. The number of carbonyl (C=O) groups excluding carboxylic acids is 1. The molecule has 2 saturated heterocycles. The molecule has 0 aliphatic carbocycles. The van der Waals surface area contributed by atoms with Gasteiger partial charge in [0.05, 0.1) is 12.5 Å². The van der Waals surface area contributed by atoms with Crippen molar-refractivity contribution in [2.24, 2.45) is 5.41 Å². The maximum Gasteiger partial charge on any atom is 0.312 e. The van der Waals surface area contributed by atoms with Crippen LogP contribution in [0.15, 0.2) is 0 Å². The van der Waals surface area contributed by atoms with E-state index >= 15 is 0 Å². The minimum absolute atomic E-state index is 0.0994. The number of hydrogen-bond donors (Lipinski definition) is 1. The Kier molecular flexibility index (Phi) is 3.97. The highest BCUT2D eigenvalue weighted by molar-refractivity contribution is 5.76. The van der Waals surface area contributed by atoms with Crippen molar-refractivity contribution in [3.05, 3.63) is 0 Å². The molecular formula is C14H26N2O2. The first-order valence-corrected chi connectivity index (χ1v) is 6.99. The summed E-state index contributed by atoms with van der Waals surface area (Å²) < 4.78 is 4.91. The van der Waals surface area contributed by atoms with E-state index in [1.165, 1.54) is 32.8 Å². The van der Waals surface area contributed by atoms with Gasteiger partial charge in [0.15, 0.2) is 0 Å². The van der Waals surface area contributed by atoms with Gasteiger partial charge in [-0.3, -0.25) is 9.69 Å². The smallest absolute Gasteiger partial charge is 0.312 e. The summed E-state index contributed by atoms with van der Waals surface area (Å²) in [6.45, 7) is 4.80. The highest BCUT2D eigenvalue weighted by Gasteiger charge is 2.43. The van der Waals surface area contributed by atoms with Gasteiger partial charge in [0.1, 0.15) is 0 Å². The van der Waals surface area contributed by atoms with Crippen molar-refractivity contribution in [1.29, 1.82) is 0 Å². The Labute approximate surface area is 110 Å². The number of hydrogen-bond acceptors (Lipinski definition) is 4. The molecule has 2 fully saturated rings. The van der Waals surface area contributed by atoms with Gasteiger partial charge in [-0.25, -0.2) is 0 Å². The van der Waals surface area contributed by atoms with Crippen molar-refractivity contribution < 1.29 is 9.53 Å². The molecule has 104 valence electrons. The molecule has 2 unspecified atom stereocenters. The number of carbonyl (C=O) groups is 1. The molecule has 18 heavy (non-hydrogen) atoms. The molecule has 0 aromatic carbocycles. The lowest BCUT2D eigenvalue weighted by Gasteiger charge is -2.42. The number of piperidine rings is 1. The van der Waals surface area contributed by atoms with Crippen molar-refractivity contribution >= 4 is 5.97 Å². The predicted molar refractivity (Wildman–Crippen MR) is 71.4 cm³/mol. The van der Waals surface area contributed by atoms with E-state index in [1.807, 2.05) is 13.8 Å². The number of nitrogens with one attached hydrogen (secondary N) is 1. The fourth-order valence-electron chi connectivity index (χ4n) is 3.57. The Hall–Kier alpha value is -0.610. The van der Waals surface area contributed by atoms with Gasteiger partial charge in [0, 0.05) is 24.7 Å². The molecule has 0 spiro atoms. The maximum absolute atomic E-state index is 11.8. The monoisotopic (exact) mass is 254 g/mol. The van der Waals surface area contributed by atoms with Crippen molar-refractivity contribution in [2.75, 3.05) is 20.7 Å². The van der Waals surface area contributed by atoms with Gasteiger partial charge < -0.3 is 10.1 Å². The normalized spacial score (nSPS) is 32.6. The number of methoxy groups -OCH3 is 1. The molecule has 2 heterocycles. The number of esters is 1. The number of rotatable bonds is 4. The van der Waals surface area contributed by atoms with Gasteiger partial charge in [-0.2, -0.15) is 0 Å². The van der Waals surface area contributed by atoms with Gasteiger partial charge in [-0.1, -0.05) is 0 Å². The van der Waals surface area contributed by atoms with Gasteiger partial charge in [0.25, 0.3) is 0 Å². The highest BCUT2D eigenvalue weighted by atomic mass is 16.5. The standard InChI is InChI=1S/C14H26N2O2/c1-14(2,13(17)18-4)9-16-11-5-6-12(16)8-10(7-11)15-3/h10-12,15H,5-9H2,1-4H3. The van der Waals surface area contributed by atoms with Gasteiger partial charge in [-0.05, 0) is 46.6 Å². The molecule has 0 amide bonds. The van der Waals surface area contributed by atoms with Crippen LogP contribution >= 0.6 is 0 Å². The van der Waals surface area contributed by atoms with Crippen molar-refractivity contribution in [2.45, 2.75) is 57.7 Å². The largest absolute Gasteiger partial charge is 0.469 e. The third-order valence-electron chi connectivity index (χ3n) is 4.61. The Morgan fingerprint density at radius 3 is 2.33 bits per heavy atom. The fourth-order valence-corrected chi connectivity index (χ4v) is 3.57. The Balaban J connectivity index is 2.01. The second-order valence-electron chi connectivity index (χ2n) is 6.39. The summed E-state index contributed by atoms with van der Waals surface area (Å²) in [6, 6.07) is 1.94. The van der Waals surface area contributed by atoms with Crippen molar-refractivity contribution in [3.63, 3.8) is 0 Å². The van der Waals surface area contributed by atoms with Crippen molar-refractivity contribution in [3.8, 4) is 0 Å². The number of fused-ring (bicyclic) bond motifs is 2. The molecule has 2 rings (SSSR count). The van der Waals surface area contributed by atoms with Crippen LogP contribution in [0.2, 0.25) is 0 Å². The van der Waals surface area contributed by atoms with Crippen LogP contribution in [0.1, 0.15) is 39.5 Å². The third kappa shape index (κ3) is 2.54. The summed E-state index contributed by atoms with van der Waals surface area (Å²) >= 11 is 0. The third-order valence-corrected chi connectivity index (χ3v) is 4.61. The van der Waals surface area contributed by atoms with Crippen LogP contribution < -0.4 is 5.32 Å². The molecule has 1 N–H and O–H groups in total. The molecule has 2 aliphatic heterocycles. The lowest BCUT2D eigenvalue weighted by atomic mass is 9.89. The van der Waals surface area contributed by atoms with Crippen LogP contribution in [0.25, 0.3) is 0 Å². The number of ether oxygens (including phenoxy) is 1. The quantitative estimate of drug-likeness (QED) is 0.770. The lowest BCUT2D eigenvalue weighted by Crippen LogP contribution is -2.52.